The second-order valence-electron chi connectivity index (χ2n) is 7.51. The van der Waals surface area contributed by atoms with E-state index in [2.05, 4.69) is 0 Å². The maximum Gasteiger partial charge on any atom is 0.295 e. The number of carbonyl (C=O) groups is 2. The highest BCUT2D eigenvalue weighted by molar-refractivity contribution is 6.46. The SMILES string of the molecule is Cc1ccccc1C1/C(=C(\O)c2cccc(Cl)c2)C(=O)C(=O)N1C1CCCC1. The van der Waals surface area contributed by atoms with Crippen molar-refractivity contribution in [1.82, 2.24) is 4.90 Å². The van der Waals surface area contributed by atoms with Crippen LogP contribution in [0.3, 0.4) is 0 Å². The Morgan fingerprint density at radius 1 is 1.07 bits per heavy atom. The molecule has 144 valence electrons. The number of aryl methyl sites for hydroxylation is 1. The van der Waals surface area contributed by atoms with Crippen LogP contribution in [0.15, 0.2) is 54.1 Å². The zero-order valence-electron chi connectivity index (χ0n) is 15.7. The number of hydrogen-bond donors (Lipinski definition) is 1. The lowest BCUT2D eigenvalue weighted by molar-refractivity contribution is -0.141. The van der Waals surface area contributed by atoms with E-state index in [0.29, 0.717) is 10.6 Å². The topological polar surface area (TPSA) is 57.6 Å². The molecule has 2 aliphatic rings. The lowest BCUT2D eigenvalue weighted by Crippen LogP contribution is -2.37. The first-order chi connectivity index (χ1) is 13.5. The van der Waals surface area contributed by atoms with Crippen molar-refractivity contribution in [2.24, 2.45) is 0 Å². The van der Waals surface area contributed by atoms with Crippen LogP contribution < -0.4 is 0 Å². The Kier molecular flexibility index (Phi) is 4.98. The fourth-order valence-electron chi connectivity index (χ4n) is 4.40. The van der Waals surface area contributed by atoms with Gasteiger partial charge in [0.05, 0.1) is 11.6 Å². The molecule has 1 heterocycles. The predicted octanol–water partition coefficient (Wildman–Crippen LogP) is 5.01. The number of benzene rings is 2. The van der Waals surface area contributed by atoms with Gasteiger partial charge < -0.3 is 10.0 Å². The summed E-state index contributed by atoms with van der Waals surface area (Å²) in [4.78, 5) is 27.7. The van der Waals surface area contributed by atoms with Crippen molar-refractivity contribution < 1.29 is 14.7 Å². The Hall–Kier alpha value is -2.59. The average molecular weight is 396 g/mol. The molecule has 1 aliphatic heterocycles. The molecule has 1 saturated carbocycles. The lowest BCUT2D eigenvalue weighted by Gasteiger charge is -2.31. The summed E-state index contributed by atoms with van der Waals surface area (Å²) in [5.41, 5.74) is 2.44. The molecule has 4 rings (SSSR count). The van der Waals surface area contributed by atoms with Gasteiger partial charge in [0.25, 0.3) is 11.7 Å². The molecule has 1 aliphatic carbocycles. The van der Waals surface area contributed by atoms with Crippen LogP contribution in [0.4, 0.5) is 0 Å². The average Bonchev–Trinajstić information content (AvgIpc) is 3.29. The number of likely N-dealkylation sites (tertiary alicyclic amines) is 1. The first-order valence-electron chi connectivity index (χ1n) is 9.60. The number of halogens is 1. The molecule has 5 heteroatoms. The largest absolute Gasteiger partial charge is 0.507 e. The molecule has 2 aromatic rings. The summed E-state index contributed by atoms with van der Waals surface area (Å²) in [6.45, 7) is 1.96. The minimum Gasteiger partial charge on any atom is -0.507 e. The summed E-state index contributed by atoms with van der Waals surface area (Å²) in [5, 5.41) is 11.5. The van der Waals surface area contributed by atoms with E-state index in [9.17, 15) is 14.7 Å². The number of carbonyl (C=O) groups excluding carboxylic acids is 2. The first-order valence-corrected chi connectivity index (χ1v) is 9.98. The number of amides is 1. The van der Waals surface area contributed by atoms with Crippen molar-refractivity contribution in [2.45, 2.75) is 44.7 Å². The number of aliphatic hydroxyl groups is 1. The van der Waals surface area contributed by atoms with Crippen molar-refractivity contribution in [3.8, 4) is 0 Å². The fraction of sp³-hybridized carbons (Fsp3) is 0.304. The van der Waals surface area contributed by atoms with Crippen LogP contribution in [0.5, 0.6) is 0 Å². The number of ketones is 1. The van der Waals surface area contributed by atoms with Crippen molar-refractivity contribution >= 4 is 29.1 Å². The fourth-order valence-corrected chi connectivity index (χ4v) is 4.59. The van der Waals surface area contributed by atoms with Crippen LogP contribution >= 0.6 is 11.6 Å². The number of rotatable bonds is 3. The van der Waals surface area contributed by atoms with Crippen LogP contribution in [0.1, 0.15) is 48.4 Å². The van der Waals surface area contributed by atoms with Crippen molar-refractivity contribution in [3.05, 3.63) is 75.8 Å². The van der Waals surface area contributed by atoms with Gasteiger partial charge in [-0.15, -0.1) is 0 Å². The standard InChI is InChI=1S/C23H22ClNO3/c1-14-7-2-5-12-18(14)20-19(21(26)15-8-6-9-16(24)13-15)22(27)23(28)25(20)17-10-3-4-11-17/h2,5-9,12-13,17,20,26H,3-4,10-11H2,1H3/b21-19+. The molecular formula is C23H22ClNO3. The number of aliphatic hydroxyl groups excluding tert-OH is 1. The Morgan fingerprint density at radius 2 is 1.79 bits per heavy atom. The van der Waals surface area contributed by atoms with Gasteiger partial charge in [-0.3, -0.25) is 9.59 Å². The van der Waals surface area contributed by atoms with Crippen LogP contribution in [-0.2, 0) is 9.59 Å². The van der Waals surface area contributed by atoms with Crippen molar-refractivity contribution in [2.75, 3.05) is 0 Å². The van der Waals surface area contributed by atoms with Crippen LogP contribution in [0, 0.1) is 6.92 Å². The van der Waals surface area contributed by atoms with Crippen LogP contribution in [-0.4, -0.2) is 27.7 Å². The summed E-state index contributed by atoms with van der Waals surface area (Å²) < 4.78 is 0. The number of nitrogens with zero attached hydrogens (tertiary/aromatic N) is 1. The summed E-state index contributed by atoms with van der Waals surface area (Å²) in [6.07, 6.45) is 3.85. The quantitative estimate of drug-likeness (QED) is 0.451. The molecule has 1 amide bonds. The maximum atomic E-state index is 13.0. The molecule has 0 radical (unpaired) electrons. The summed E-state index contributed by atoms with van der Waals surface area (Å²) >= 11 is 6.08. The first kappa shape index (κ1) is 18.8. The van der Waals surface area contributed by atoms with Gasteiger partial charge in [0.2, 0.25) is 0 Å². The van der Waals surface area contributed by atoms with Gasteiger partial charge in [-0.1, -0.05) is 60.8 Å². The van der Waals surface area contributed by atoms with Crippen LogP contribution in [0.25, 0.3) is 5.76 Å². The minimum absolute atomic E-state index is 0.0192. The zero-order chi connectivity index (χ0) is 19.8. The number of Topliss-reactive ketones (excluding diaryl/α,β-unsaturated/α-hetero) is 1. The van der Waals surface area contributed by atoms with E-state index in [4.69, 9.17) is 11.6 Å². The van der Waals surface area contributed by atoms with Crippen molar-refractivity contribution in [3.63, 3.8) is 0 Å². The van der Waals surface area contributed by atoms with E-state index in [1.807, 2.05) is 31.2 Å². The van der Waals surface area contributed by atoms with E-state index in [0.717, 1.165) is 36.8 Å². The molecule has 0 spiro atoms. The lowest BCUT2D eigenvalue weighted by atomic mass is 9.92. The summed E-state index contributed by atoms with van der Waals surface area (Å²) in [5.74, 6) is -1.32. The van der Waals surface area contributed by atoms with Gasteiger partial charge in [-0.2, -0.15) is 0 Å². The van der Waals surface area contributed by atoms with Crippen molar-refractivity contribution in [1.29, 1.82) is 0 Å². The highest BCUT2D eigenvalue weighted by Crippen LogP contribution is 2.44. The van der Waals surface area contributed by atoms with Gasteiger partial charge >= 0.3 is 0 Å². The molecule has 1 atom stereocenters. The second kappa shape index (κ2) is 7.44. The molecule has 2 fully saturated rings. The molecule has 4 nitrogen and oxygen atoms in total. The molecule has 2 aromatic carbocycles. The molecular weight excluding hydrogens is 374 g/mol. The molecule has 1 saturated heterocycles. The summed E-state index contributed by atoms with van der Waals surface area (Å²) in [7, 11) is 0. The Labute approximate surface area is 169 Å². The highest BCUT2D eigenvalue weighted by Gasteiger charge is 2.49. The third kappa shape index (κ3) is 3.12. The maximum absolute atomic E-state index is 13.0. The third-order valence-corrected chi connectivity index (χ3v) is 6.01. The monoisotopic (exact) mass is 395 g/mol. The molecule has 0 aromatic heterocycles. The summed E-state index contributed by atoms with van der Waals surface area (Å²) in [6, 6.07) is 13.9. The van der Waals surface area contributed by atoms with E-state index < -0.39 is 17.7 Å². The van der Waals surface area contributed by atoms with Gasteiger partial charge in [0, 0.05) is 16.6 Å². The highest BCUT2D eigenvalue weighted by atomic mass is 35.5. The second-order valence-corrected chi connectivity index (χ2v) is 7.95. The van der Waals surface area contributed by atoms with Gasteiger partial charge in [0.1, 0.15) is 5.76 Å². The number of hydrogen-bond acceptors (Lipinski definition) is 3. The normalized spacial score (nSPS) is 22.2. The van der Waals surface area contributed by atoms with Gasteiger partial charge in [-0.05, 0) is 43.0 Å². The van der Waals surface area contributed by atoms with E-state index >= 15 is 0 Å². The predicted molar refractivity (Wildman–Crippen MR) is 109 cm³/mol. The van der Waals surface area contributed by atoms with Gasteiger partial charge in [0.15, 0.2) is 0 Å². The third-order valence-electron chi connectivity index (χ3n) is 5.78. The van der Waals surface area contributed by atoms with E-state index in [1.54, 1.807) is 29.2 Å². The Bertz CT molecular complexity index is 975. The van der Waals surface area contributed by atoms with E-state index in [1.165, 1.54) is 0 Å². The Morgan fingerprint density at radius 3 is 2.46 bits per heavy atom. The zero-order valence-corrected chi connectivity index (χ0v) is 16.4. The van der Waals surface area contributed by atoms with E-state index in [-0.39, 0.29) is 17.4 Å². The molecule has 1 N–H and O–H groups in total. The smallest absolute Gasteiger partial charge is 0.295 e. The minimum atomic E-state index is -0.627. The van der Waals surface area contributed by atoms with Gasteiger partial charge in [-0.25, -0.2) is 0 Å². The molecule has 1 unspecified atom stereocenters. The molecule has 0 bridgehead atoms. The Balaban J connectivity index is 1.92. The van der Waals surface area contributed by atoms with Crippen LogP contribution in [0.2, 0.25) is 5.02 Å². The molecule has 28 heavy (non-hydrogen) atoms.